The van der Waals surface area contributed by atoms with Gasteiger partial charge in [0.25, 0.3) is 5.91 Å². The summed E-state index contributed by atoms with van der Waals surface area (Å²) in [7, 11) is 0. The number of hydrogen-bond donors (Lipinski definition) is 2. The first kappa shape index (κ1) is 14.9. The largest absolute Gasteiger partial charge is 0.392 e. The molecule has 0 aliphatic carbocycles. The van der Waals surface area contributed by atoms with Gasteiger partial charge in [-0.25, -0.2) is 0 Å². The van der Waals surface area contributed by atoms with Crippen molar-refractivity contribution in [3.63, 3.8) is 0 Å². The summed E-state index contributed by atoms with van der Waals surface area (Å²) in [6.07, 6.45) is 0. The highest BCUT2D eigenvalue weighted by atomic mass is 35.5. The monoisotopic (exact) mass is 284 g/mol. The van der Waals surface area contributed by atoms with E-state index >= 15 is 0 Å². The second-order valence-corrected chi connectivity index (χ2v) is 5.46. The highest BCUT2D eigenvalue weighted by molar-refractivity contribution is 7.80. The van der Waals surface area contributed by atoms with Gasteiger partial charge in [-0.3, -0.25) is 4.79 Å². The maximum atomic E-state index is 12.2. The van der Waals surface area contributed by atoms with E-state index < -0.39 is 0 Å². The standard InChI is InChI=1S/C13H17ClN2OS/c1-7(2)11(12(15)18)16-13(17)10-6-9(14)5-4-8(10)3/h4-7,11H,1-3H3,(H2,15,18)(H,16,17). The summed E-state index contributed by atoms with van der Waals surface area (Å²) in [5.74, 6) is -0.0626. The Morgan fingerprint density at radius 1 is 1.44 bits per heavy atom. The Morgan fingerprint density at radius 2 is 2.06 bits per heavy atom. The summed E-state index contributed by atoms with van der Waals surface area (Å²) in [5.41, 5.74) is 7.03. The molecule has 98 valence electrons. The number of carbonyl (C=O) groups is 1. The Hall–Kier alpha value is -1.13. The van der Waals surface area contributed by atoms with Crippen LogP contribution in [-0.4, -0.2) is 16.9 Å². The molecule has 1 amide bonds. The molecule has 1 atom stereocenters. The molecular weight excluding hydrogens is 268 g/mol. The summed E-state index contributed by atoms with van der Waals surface area (Å²) in [5, 5.41) is 3.37. The summed E-state index contributed by atoms with van der Waals surface area (Å²) in [6.45, 7) is 5.76. The zero-order chi connectivity index (χ0) is 13.9. The van der Waals surface area contributed by atoms with Gasteiger partial charge in [-0.05, 0) is 30.5 Å². The molecule has 1 aromatic carbocycles. The lowest BCUT2D eigenvalue weighted by Gasteiger charge is -2.21. The predicted molar refractivity (Wildman–Crippen MR) is 79.1 cm³/mol. The van der Waals surface area contributed by atoms with Crippen molar-refractivity contribution in [3.05, 3.63) is 34.3 Å². The maximum Gasteiger partial charge on any atom is 0.252 e. The Labute approximate surface area is 118 Å². The van der Waals surface area contributed by atoms with E-state index in [-0.39, 0.29) is 22.9 Å². The molecule has 3 N–H and O–H groups in total. The van der Waals surface area contributed by atoms with Crippen LogP contribution in [0.1, 0.15) is 29.8 Å². The number of benzene rings is 1. The van der Waals surface area contributed by atoms with E-state index in [4.69, 9.17) is 29.6 Å². The molecule has 1 aromatic rings. The van der Waals surface area contributed by atoms with Crippen molar-refractivity contribution >= 4 is 34.7 Å². The number of thiocarbonyl (C=S) groups is 1. The lowest BCUT2D eigenvalue weighted by atomic mass is 10.0. The van der Waals surface area contributed by atoms with Gasteiger partial charge >= 0.3 is 0 Å². The molecule has 0 saturated carbocycles. The summed E-state index contributed by atoms with van der Waals surface area (Å²) >= 11 is 10.8. The summed E-state index contributed by atoms with van der Waals surface area (Å²) in [6, 6.07) is 4.89. The SMILES string of the molecule is Cc1ccc(Cl)cc1C(=O)NC(C(N)=S)C(C)C. The van der Waals surface area contributed by atoms with Crippen LogP contribution >= 0.6 is 23.8 Å². The molecule has 0 aliphatic rings. The smallest absolute Gasteiger partial charge is 0.252 e. The topological polar surface area (TPSA) is 55.1 Å². The third-order valence-electron chi connectivity index (χ3n) is 2.70. The zero-order valence-corrected chi connectivity index (χ0v) is 12.2. The molecule has 0 heterocycles. The van der Waals surface area contributed by atoms with E-state index in [1.54, 1.807) is 12.1 Å². The van der Waals surface area contributed by atoms with Gasteiger partial charge in [0.05, 0.1) is 11.0 Å². The molecule has 3 nitrogen and oxygen atoms in total. The van der Waals surface area contributed by atoms with E-state index in [0.717, 1.165) is 5.56 Å². The minimum absolute atomic E-state index is 0.144. The highest BCUT2D eigenvalue weighted by Gasteiger charge is 2.20. The number of aryl methyl sites for hydroxylation is 1. The Bertz CT molecular complexity index is 474. The van der Waals surface area contributed by atoms with Crippen LogP contribution in [0.15, 0.2) is 18.2 Å². The molecule has 0 aliphatic heterocycles. The second-order valence-electron chi connectivity index (χ2n) is 4.56. The van der Waals surface area contributed by atoms with Crippen LogP contribution in [0.2, 0.25) is 5.02 Å². The summed E-state index contributed by atoms with van der Waals surface area (Å²) in [4.78, 5) is 12.4. The van der Waals surface area contributed by atoms with E-state index in [1.165, 1.54) is 0 Å². The first-order chi connectivity index (χ1) is 8.32. The van der Waals surface area contributed by atoms with Crippen LogP contribution < -0.4 is 11.1 Å². The predicted octanol–water partition coefficient (Wildman–Crippen LogP) is 2.69. The molecule has 1 unspecified atom stereocenters. The van der Waals surface area contributed by atoms with Crippen molar-refractivity contribution in [1.82, 2.24) is 5.32 Å². The van der Waals surface area contributed by atoms with E-state index in [9.17, 15) is 4.79 Å². The fourth-order valence-electron chi connectivity index (χ4n) is 1.62. The first-order valence-corrected chi connectivity index (χ1v) is 6.48. The maximum absolute atomic E-state index is 12.2. The number of carbonyl (C=O) groups excluding carboxylic acids is 1. The van der Waals surface area contributed by atoms with Gasteiger partial charge in [0.15, 0.2) is 0 Å². The molecule has 0 spiro atoms. The van der Waals surface area contributed by atoms with Crippen LogP contribution in [0.3, 0.4) is 0 Å². The molecule has 0 radical (unpaired) electrons. The normalized spacial score (nSPS) is 12.3. The third kappa shape index (κ3) is 3.68. The average Bonchev–Trinajstić information content (AvgIpc) is 2.28. The fourth-order valence-corrected chi connectivity index (χ4v) is 2.13. The molecule has 1 rings (SSSR count). The van der Waals surface area contributed by atoms with E-state index in [1.807, 2.05) is 26.8 Å². The average molecular weight is 285 g/mol. The molecule has 0 fully saturated rings. The quantitative estimate of drug-likeness (QED) is 0.836. The van der Waals surface area contributed by atoms with Gasteiger partial charge in [-0.15, -0.1) is 0 Å². The minimum atomic E-state index is -0.314. The molecule has 0 aromatic heterocycles. The van der Waals surface area contributed by atoms with Gasteiger partial charge in [0.2, 0.25) is 0 Å². The third-order valence-corrected chi connectivity index (χ3v) is 3.19. The van der Waals surface area contributed by atoms with Crippen molar-refractivity contribution in [2.24, 2.45) is 11.7 Å². The highest BCUT2D eigenvalue weighted by Crippen LogP contribution is 2.16. The molecular formula is C13H17ClN2OS. The van der Waals surface area contributed by atoms with Crippen LogP contribution in [0.5, 0.6) is 0 Å². The number of nitrogens with one attached hydrogen (secondary N) is 1. The van der Waals surface area contributed by atoms with Gasteiger partial charge < -0.3 is 11.1 Å². The Balaban J connectivity index is 2.94. The van der Waals surface area contributed by atoms with Crippen molar-refractivity contribution in [1.29, 1.82) is 0 Å². The van der Waals surface area contributed by atoms with Crippen LogP contribution in [0, 0.1) is 12.8 Å². The number of nitrogens with two attached hydrogens (primary N) is 1. The zero-order valence-electron chi connectivity index (χ0n) is 10.7. The van der Waals surface area contributed by atoms with E-state index in [0.29, 0.717) is 10.6 Å². The Morgan fingerprint density at radius 3 is 2.56 bits per heavy atom. The van der Waals surface area contributed by atoms with Gasteiger partial charge in [-0.1, -0.05) is 43.7 Å². The van der Waals surface area contributed by atoms with Gasteiger partial charge in [0, 0.05) is 10.6 Å². The number of rotatable bonds is 4. The molecule has 18 heavy (non-hydrogen) atoms. The lowest BCUT2D eigenvalue weighted by Crippen LogP contribution is -2.46. The van der Waals surface area contributed by atoms with Crippen molar-refractivity contribution in [2.45, 2.75) is 26.8 Å². The first-order valence-electron chi connectivity index (χ1n) is 5.69. The lowest BCUT2D eigenvalue weighted by molar-refractivity contribution is 0.0939. The van der Waals surface area contributed by atoms with Gasteiger partial charge in [-0.2, -0.15) is 0 Å². The van der Waals surface area contributed by atoms with Crippen LogP contribution in [-0.2, 0) is 0 Å². The van der Waals surface area contributed by atoms with Crippen molar-refractivity contribution < 1.29 is 4.79 Å². The minimum Gasteiger partial charge on any atom is -0.392 e. The van der Waals surface area contributed by atoms with Crippen LogP contribution in [0.4, 0.5) is 0 Å². The fraction of sp³-hybridized carbons (Fsp3) is 0.385. The number of amides is 1. The Kier molecular flexibility index (Phi) is 5.11. The summed E-state index contributed by atoms with van der Waals surface area (Å²) < 4.78 is 0. The molecule has 0 bridgehead atoms. The van der Waals surface area contributed by atoms with Gasteiger partial charge in [0.1, 0.15) is 0 Å². The van der Waals surface area contributed by atoms with Crippen molar-refractivity contribution in [3.8, 4) is 0 Å². The van der Waals surface area contributed by atoms with E-state index in [2.05, 4.69) is 5.32 Å². The molecule has 5 heteroatoms. The second kappa shape index (κ2) is 6.16. The van der Waals surface area contributed by atoms with Crippen molar-refractivity contribution in [2.75, 3.05) is 0 Å². The molecule has 0 saturated heterocycles. The number of hydrogen-bond acceptors (Lipinski definition) is 2. The number of halogens is 1. The van der Waals surface area contributed by atoms with Crippen LogP contribution in [0.25, 0.3) is 0 Å².